The quantitative estimate of drug-likeness (QED) is 0.391. The topological polar surface area (TPSA) is 52.3 Å². The first-order chi connectivity index (χ1) is 12.2. The van der Waals surface area contributed by atoms with Gasteiger partial charge in [-0.3, -0.25) is 0 Å². The van der Waals surface area contributed by atoms with Crippen molar-refractivity contribution in [2.24, 2.45) is 0 Å². The lowest BCUT2D eigenvalue weighted by atomic mass is 10.1. The van der Waals surface area contributed by atoms with Crippen LogP contribution in [0.15, 0.2) is 77.2 Å². The predicted octanol–water partition coefficient (Wildman–Crippen LogP) is 5.02. The molecule has 0 aliphatic carbocycles. The first-order valence-corrected chi connectivity index (χ1v) is 7.94. The third-order valence-corrected chi connectivity index (χ3v) is 3.86. The Kier molecular flexibility index (Phi) is 3.78. The molecule has 0 saturated carbocycles. The van der Waals surface area contributed by atoms with Crippen LogP contribution in [0.4, 0.5) is 0 Å². The molecule has 4 nitrogen and oxygen atoms in total. The molecule has 0 saturated heterocycles. The third-order valence-electron chi connectivity index (χ3n) is 3.86. The Morgan fingerprint density at radius 1 is 0.960 bits per heavy atom. The Labute approximate surface area is 144 Å². The van der Waals surface area contributed by atoms with Crippen LogP contribution >= 0.6 is 0 Å². The number of oxazole rings is 1. The number of fused-ring (bicyclic) bond motifs is 1. The van der Waals surface area contributed by atoms with Gasteiger partial charge in [-0.25, -0.2) is 9.78 Å². The standard InChI is InChI=1S/C21H15NO3/c1-14-5-4-6-17(13-14)24-21(23)16-11-9-15(10-12-16)20-22-18-7-2-3-8-19(18)25-20/h2-13H,1H3. The molecule has 0 spiro atoms. The van der Waals surface area contributed by atoms with Gasteiger partial charge in [0.25, 0.3) is 0 Å². The summed E-state index contributed by atoms with van der Waals surface area (Å²) in [6, 6.07) is 22.0. The maximum absolute atomic E-state index is 12.3. The molecule has 0 bridgehead atoms. The zero-order valence-electron chi connectivity index (χ0n) is 13.6. The summed E-state index contributed by atoms with van der Waals surface area (Å²) in [7, 11) is 0. The number of esters is 1. The van der Waals surface area contributed by atoms with Crippen molar-refractivity contribution in [1.29, 1.82) is 0 Å². The number of rotatable bonds is 3. The second kappa shape index (κ2) is 6.24. The van der Waals surface area contributed by atoms with Crippen LogP contribution in [0.3, 0.4) is 0 Å². The average molecular weight is 329 g/mol. The first-order valence-electron chi connectivity index (χ1n) is 7.94. The molecule has 0 aliphatic rings. The van der Waals surface area contributed by atoms with E-state index >= 15 is 0 Å². The van der Waals surface area contributed by atoms with E-state index < -0.39 is 5.97 Å². The highest BCUT2D eigenvalue weighted by molar-refractivity contribution is 5.91. The van der Waals surface area contributed by atoms with Gasteiger partial charge in [0.2, 0.25) is 5.89 Å². The van der Waals surface area contributed by atoms with Crippen LogP contribution in [0.5, 0.6) is 5.75 Å². The van der Waals surface area contributed by atoms with E-state index in [1.807, 2.05) is 49.4 Å². The van der Waals surface area contributed by atoms with Gasteiger partial charge < -0.3 is 9.15 Å². The van der Waals surface area contributed by atoms with E-state index in [1.165, 1.54) is 0 Å². The first kappa shape index (κ1) is 15.1. The number of ether oxygens (including phenoxy) is 1. The Morgan fingerprint density at radius 3 is 2.52 bits per heavy atom. The zero-order valence-corrected chi connectivity index (χ0v) is 13.6. The molecular formula is C21H15NO3. The second-order valence-corrected chi connectivity index (χ2v) is 5.77. The minimum absolute atomic E-state index is 0.394. The molecule has 0 amide bonds. The largest absolute Gasteiger partial charge is 0.436 e. The smallest absolute Gasteiger partial charge is 0.343 e. The summed E-state index contributed by atoms with van der Waals surface area (Å²) in [6.07, 6.45) is 0. The van der Waals surface area contributed by atoms with Crippen molar-refractivity contribution >= 4 is 17.1 Å². The fraction of sp³-hybridized carbons (Fsp3) is 0.0476. The summed E-state index contributed by atoms with van der Waals surface area (Å²) in [6.45, 7) is 1.95. The molecule has 122 valence electrons. The number of hydrogen-bond acceptors (Lipinski definition) is 4. The molecular weight excluding hydrogens is 314 g/mol. The third kappa shape index (κ3) is 3.15. The Bertz CT molecular complexity index is 1020. The molecule has 25 heavy (non-hydrogen) atoms. The number of para-hydroxylation sites is 2. The van der Waals surface area contributed by atoms with Crippen molar-refractivity contribution in [3.05, 3.63) is 83.9 Å². The van der Waals surface area contributed by atoms with Crippen LogP contribution < -0.4 is 4.74 Å². The van der Waals surface area contributed by atoms with Crippen molar-refractivity contribution in [1.82, 2.24) is 4.98 Å². The summed E-state index contributed by atoms with van der Waals surface area (Å²) in [5, 5.41) is 0. The minimum atomic E-state index is -0.394. The van der Waals surface area contributed by atoms with E-state index in [4.69, 9.17) is 9.15 Å². The van der Waals surface area contributed by atoms with Gasteiger partial charge in [-0.05, 0) is 61.0 Å². The number of nitrogens with zero attached hydrogens (tertiary/aromatic N) is 1. The molecule has 1 aromatic heterocycles. The second-order valence-electron chi connectivity index (χ2n) is 5.77. The van der Waals surface area contributed by atoms with Gasteiger partial charge in [-0.1, -0.05) is 24.3 Å². The van der Waals surface area contributed by atoms with Crippen molar-refractivity contribution in [2.75, 3.05) is 0 Å². The number of carbonyl (C=O) groups excluding carboxylic acids is 1. The number of hydrogen-bond donors (Lipinski definition) is 0. The maximum Gasteiger partial charge on any atom is 0.343 e. The van der Waals surface area contributed by atoms with Crippen LogP contribution in [-0.2, 0) is 0 Å². The van der Waals surface area contributed by atoms with E-state index in [2.05, 4.69) is 4.98 Å². The van der Waals surface area contributed by atoms with Gasteiger partial charge in [0.1, 0.15) is 11.3 Å². The summed E-state index contributed by atoms with van der Waals surface area (Å²) < 4.78 is 11.1. The average Bonchev–Trinajstić information content (AvgIpc) is 3.06. The number of carbonyl (C=O) groups is 1. The van der Waals surface area contributed by atoms with E-state index in [1.54, 1.807) is 30.3 Å². The molecule has 0 aliphatic heterocycles. The highest BCUT2D eigenvalue weighted by atomic mass is 16.5. The summed E-state index contributed by atoms with van der Waals surface area (Å²) >= 11 is 0. The monoisotopic (exact) mass is 329 g/mol. The van der Waals surface area contributed by atoms with Crippen molar-refractivity contribution in [2.45, 2.75) is 6.92 Å². The molecule has 4 heteroatoms. The van der Waals surface area contributed by atoms with E-state index in [0.29, 0.717) is 17.2 Å². The van der Waals surface area contributed by atoms with Gasteiger partial charge in [0.05, 0.1) is 5.56 Å². The molecule has 0 unspecified atom stereocenters. The van der Waals surface area contributed by atoms with Crippen LogP contribution in [-0.4, -0.2) is 11.0 Å². The molecule has 3 aromatic carbocycles. The zero-order chi connectivity index (χ0) is 17.2. The van der Waals surface area contributed by atoms with Crippen molar-refractivity contribution in [3.8, 4) is 17.2 Å². The predicted molar refractivity (Wildman–Crippen MR) is 95.6 cm³/mol. The van der Waals surface area contributed by atoms with Crippen LogP contribution in [0.2, 0.25) is 0 Å². The lowest BCUT2D eigenvalue weighted by Crippen LogP contribution is -2.08. The molecule has 0 fully saturated rings. The van der Waals surface area contributed by atoms with E-state index in [9.17, 15) is 4.79 Å². The molecule has 0 N–H and O–H groups in total. The Balaban J connectivity index is 1.56. The summed E-state index contributed by atoms with van der Waals surface area (Å²) in [5.41, 5.74) is 3.86. The number of aromatic nitrogens is 1. The number of aryl methyl sites for hydroxylation is 1. The summed E-state index contributed by atoms with van der Waals surface area (Å²) in [4.78, 5) is 16.7. The normalized spacial score (nSPS) is 10.8. The Morgan fingerprint density at radius 2 is 1.76 bits per heavy atom. The van der Waals surface area contributed by atoms with Gasteiger partial charge in [-0.15, -0.1) is 0 Å². The number of benzene rings is 3. The van der Waals surface area contributed by atoms with Crippen molar-refractivity contribution < 1.29 is 13.9 Å². The summed E-state index contributed by atoms with van der Waals surface area (Å²) in [5.74, 6) is 0.669. The lowest BCUT2D eigenvalue weighted by Gasteiger charge is -2.05. The fourth-order valence-electron chi connectivity index (χ4n) is 2.59. The Hall–Kier alpha value is -3.40. The molecule has 4 rings (SSSR count). The molecule has 0 radical (unpaired) electrons. The lowest BCUT2D eigenvalue weighted by molar-refractivity contribution is 0.0734. The van der Waals surface area contributed by atoms with E-state index in [0.717, 1.165) is 22.2 Å². The minimum Gasteiger partial charge on any atom is -0.436 e. The SMILES string of the molecule is Cc1cccc(OC(=O)c2ccc(-c3nc4ccccc4o3)cc2)c1. The maximum atomic E-state index is 12.3. The van der Waals surface area contributed by atoms with Crippen LogP contribution in [0, 0.1) is 6.92 Å². The molecule has 4 aromatic rings. The van der Waals surface area contributed by atoms with Crippen molar-refractivity contribution in [3.63, 3.8) is 0 Å². The van der Waals surface area contributed by atoms with Gasteiger partial charge in [0.15, 0.2) is 5.58 Å². The highest BCUT2D eigenvalue weighted by Crippen LogP contribution is 2.24. The van der Waals surface area contributed by atoms with Crippen LogP contribution in [0.25, 0.3) is 22.6 Å². The van der Waals surface area contributed by atoms with Gasteiger partial charge >= 0.3 is 5.97 Å². The van der Waals surface area contributed by atoms with Gasteiger partial charge in [0, 0.05) is 5.56 Å². The molecule has 0 atom stereocenters. The van der Waals surface area contributed by atoms with E-state index in [-0.39, 0.29) is 0 Å². The van der Waals surface area contributed by atoms with Gasteiger partial charge in [-0.2, -0.15) is 0 Å². The fourth-order valence-corrected chi connectivity index (χ4v) is 2.59. The van der Waals surface area contributed by atoms with Crippen LogP contribution in [0.1, 0.15) is 15.9 Å². The highest BCUT2D eigenvalue weighted by Gasteiger charge is 2.11. The molecule has 1 heterocycles.